The molecule has 1 fully saturated rings. The van der Waals surface area contributed by atoms with Crippen molar-refractivity contribution in [1.29, 1.82) is 0 Å². The number of aromatic nitrogens is 2. The number of hydrogen-bond acceptors (Lipinski definition) is 5. The molecular formula is C25H30N4O3. The maximum absolute atomic E-state index is 12.3. The van der Waals surface area contributed by atoms with Crippen LogP contribution in [0.5, 0.6) is 0 Å². The van der Waals surface area contributed by atoms with Gasteiger partial charge in [-0.2, -0.15) is 0 Å². The van der Waals surface area contributed by atoms with Crippen LogP contribution in [0.25, 0.3) is 5.70 Å². The number of hydrogen-bond donors (Lipinski definition) is 1. The summed E-state index contributed by atoms with van der Waals surface area (Å²) in [5.41, 5.74) is 4.82. The molecule has 1 amide bonds. The van der Waals surface area contributed by atoms with E-state index >= 15 is 0 Å². The molecule has 1 saturated heterocycles. The number of likely N-dealkylation sites (tertiary alicyclic amines) is 1. The van der Waals surface area contributed by atoms with Gasteiger partial charge in [0.05, 0.1) is 30.7 Å². The molecule has 0 spiro atoms. The highest BCUT2D eigenvalue weighted by atomic mass is 16.5. The van der Waals surface area contributed by atoms with E-state index in [2.05, 4.69) is 16.9 Å². The summed E-state index contributed by atoms with van der Waals surface area (Å²) < 4.78 is 6.73. The van der Waals surface area contributed by atoms with E-state index in [9.17, 15) is 9.59 Å². The number of carbonyl (C=O) groups excluding carboxylic acids is 2. The van der Waals surface area contributed by atoms with Crippen molar-refractivity contribution in [2.24, 2.45) is 0 Å². The SMILES string of the molecule is C=C1/C(=C\C(=C/C)n2cnc(C)c2)[C@@H](Nc2ccc(C(=O)OC)cc2)C[C@@H](C)N1C(C)=O. The number of aryl methyl sites for hydroxylation is 1. The summed E-state index contributed by atoms with van der Waals surface area (Å²) in [6.45, 7) is 11.8. The van der Waals surface area contributed by atoms with Gasteiger partial charge in [-0.1, -0.05) is 12.7 Å². The molecule has 0 aliphatic carbocycles. The van der Waals surface area contributed by atoms with Gasteiger partial charge in [0.1, 0.15) is 0 Å². The number of benzene rings is 1. The second kappa shape index (κ2) is 9.68. The fourth-order valence-electron chi connectivity index (χ4n) is 4.05. The first-order valence-corrected chi connectivity index (χ1v) is 10.6. The first-order chi connectivity index (χ1) is 15.2. The van der Waals surface area contributed by atoms with Gasteiger partial charge in [0.25, 0.3) is 0 Å². The minimum Gasteiger partial charge on any atom is -0.465 e. The Labute approximate surface area is 189 Å². The Balaban J connectivity index is 1.97. The third-order valence-corrected chi connectivity index (χ3v) is 5.61. The second-order valence-corrected chi connectivity index (χ2v) is 7.92. The molecular weight excluding hydrogens is 404 g/mol. The third kappa shape index (κ3) is 4.82. The molecule has 1 aliphatic heterocycles. The summed E-state index contributed by atoms with van der Waals surface area (Å²) in [5, 5.41) is 3.55. The molecule has 2 atom stereocenters. The van der Waals surface area contributed by atoms with Crippen LogP contribution in [0.2, 0.25) is 0 Å². The number of allylic oxidation sites excluding steroid dienone is 3. The first kappa shape index (κ1) is 23.1. The summed E-state index contributed by atoms with van der Waals surface area (Å²) in [7, 11) is 1.36. The van der Waals surface area contributed by atoms with Crippen molar-refractivity contribution in [3.63, 3.8) is 0 Å². The van der Waals surface area contributed by atoms with Gasteiger partial charge >= 0.3 is 5.97 Å². The molecule has 0 saturated carbocycles. The molecule has 7 nitrogen and oxygen atoms in total. The summed E-state index contributed by atoms with van der Waals surface area (Å²) in [4.78, 5) is 30.1. The molecule has 7 heteroatoms. The first-order valence-electron chi connectivity index (χ1n) is 10.6. The van der Waals surface area contributed by atoms with E-state index in [1.807, 2.05) is 55.8 Å². The molecule has 2 aromatic rings. The van der Waals surface area contributed by atoms with E-state index in [4.69, 9.17) is 4.74 Å². The Morgan fingerprint density at radius 3 is 2.50 bits per heavy atom. The molecule has 1 aromatic heterocycles. The average molecular weight is 435 g/mol. The minimum atomic E-state index is -0.373. The summed E-state index contributed by atoms with van der Waals surface area (Å²) in [6.07, 6.45) is 8.48. The molecule has 0 radical (unpaired) electrons. The van der Waals surface area contributed by atoms with Crippen molar-refractivity contribution in [1.82, 2.24) is 14.5 Å². The van der Waals surface area contributed by atoms with Gasteiger partial charge in [0.15, 0.2) is 0 Å². The van der Waals surface area contributed by atoms with E-state index in [0.29, 0.717) is 17.7 Å². The van der Waals surface area contributed by atoms with Crippen LogP contribution < -0.4 is 5.32 Å². The number of anilines is 1. The highest BCUT2D eigenvalue weighted by Crippen LogP contribution is 2.33. The third-order valence-electron chi connectivity index (χ3n) is 5.61. The smallest absolute Gasteiger partial charge is 0.337 e. The van der Waals surface area contributed by atoms with Crippen LogP contribution in [-0.4, -0.2) is 45.5 Å². The van der Waals surface area contributed by atoms with Crippen LogP contribution >= 0.6 is 0 Å². The molecule has 0 bridgehead atoms. The number of imidazole rings is 1. The normalized spacial score (nSPS) is 20.4. The number of piperidine rings is 1. The minimum absolute atomic E-state index is 0.00598. The standard InChI is InChI=1S/C25H30N4O3/c1-7-22(28-14-16(2)26-15-28)13-23-18(4)29(19(5)30)17(3)12-24(23)27-21-10-8-20(9-11-21)25(31)32-6/h7-11,13-15,17,24,27H,4,12H2,1-3,5-6H3/b22-7+,23-13+/t17-,24+/m1/s1. The van der Waals surface area contributed by atoms with Gasteiger partial charge in [0.2, 0.25) is 5.91 Å². The van der Waals surface area contributed by atoms with Crippen LogP contribution in [0, 0.1) is 6.92 Å². The van der Waals surface area contributed by atoms with E-state index in [0.717, 1.165) is 22.7 Å². The van der Waals surface area contributed by atoms with Crippen molar-refractivity contribution < 1.29 is 14.3 Å². The lowest BCUT2D eigenvalue weighted by atomic mass is 9.89. The lowest BCUT2D eigenvalue weighted by Gasteiger charge is -2.41. The van der Waals surface area contributed by atoms with Crippen molar-refractivity contribution in [2.45, 2.75) is 46.2 Å². The number of ether oxygens (including phenoxy) is 1. The number of nitrogens with one attached hydrogen (secondary N) is 1. The summed E-state index contributed by atoms with van der Waals surface area (Å²) in [5.74, 6) is -0.406. The zero-order valence-electron chi connectivity index (χ0n) is 19.3. The lowest BCUT2D eigenvalue weighted by Crippen LogP contribution is -2.46. The van der Waals surface area contributed by atoms with Gasteiger partial charge in [-0.15, -0.1) is 0 Å². The van der Waals surface area contributed by atoms with E-state index in [-0.39, 0.29) is 24.0 Å². The summed E-state index contributed by atoms with van der Waals surface area (Å²) >= 11 is 0. The maximum Gasteiger partial charge on any atom is 0.337 e. The highest BCUT2D eigenvalue weighted by molar-refractivity contribution is 5.89. The van der Waals surface area contributed by atoms with Gasteiger partial charge in [-0.25, -0.2) is 9.78 Å². The van der Waals surface area contributed by atoms with E-state index < -0.39 is 0 Å². The number of methoxy groups -OCH3 is 1. The summed E-state index contributed by atoms with van der Waals surface area (Å²) in [6, 6.07) is 7.08. The Bertz CT molecular complexity index is 1080. The van der Waals surface area contributed by atoms with Crippen LogP contribution in [0.1, 0.15) is 43.2 Å². The van der Waals surface area contributed by atoms with Gasteiger partial charge < -0.3 is 19.5 Å². The highest BCUT2D eigenvalue weighted by Gasteiger charge is 2.34. The Morgan fingerprint density at radius 1 is 1.28 bits per heavy atom. The van der Waals surface area contributed by atoms with Gasteiger partial charge in [-0.3, -0.25) is 4.79 Å². The van der Waals surface area contributed by atoms with Crippen LogP contribution in [-0.2, 0) is 9.53 Å². The van der Waals surface area contributed by atoms with Crippen molar-refractivity contribution >= 4 is 23.3 Å². The predicted molar refractivity (Wildman–Crippen MR) is 126 cm³/mol. The quantitative estimate of drug-likeness (QED) is 0.706. The lowest BCUT2D eigenvalue weighted by molar-refractivity contribution is -0.129. The van der Waals surface area contributed by atoms with Crippen LogP contribution in [0.4, 0.5) is 5.69 Å². The molecule has 32 heavy (non-hydrogen) atoms. The topological polar surface area (TPSA) is 76.5 Å². The number of carbonyl (C=O) groups is 2. The van der Waals surface area contributed by atoms with Crippen LogP contribution in [0.15, 0.2) is 66.8 Å². The number of rotatable bonds is 5. The molecule has 0 unspecified atom stereocenters. The largest absolute Gasteiger partial charge is 0.465 e. The number of amides is 1. The van der Waals surface area contributed by atoms with E-state index in [1.165, 1.54) is 7.11 Å². The van der Waals surface area contributed by atoms with E-state index in [1.54, 1.807) is 30.3 Å². The Morgan fingerprint density at radius 2 is 1.97 bits per heavy atom. The predicted octanol–water partition coefficient (Wildman–Crippen LogP) is 4.40. The number of esters is 1. The molecule has 3 rings (SSSR count). The van der Waals surface area contributed by atoms with Crippen molar-refractivity contribution in [3.8, 4) is 0 Å². The maximum atomic E-state index is 12.3. The zero-order chi connectivity index (χ0) is 23.4. The Kier molecular flexibility index (Phi) is 6.98. The fraction of sp³-hybridized carbons (Fsp3) is 0.320. The molecule has 2 heterocycles. The average Bonchev–Trinajstić information content (AvgIpc) is 3.19. The Hall–Kier alpha value is -3.61. The zero-order valence-corrected chi connectivity index (χ0v) is 19.3. The molecule has 1 N–H and O–H groups in total. The number of nitrogens with zero attached hydrogens (tertiary/aromatic N) is 3. The second-order valence-electron chi connectivity index (χ2n) is 7.92. The monoisotopic (exact) mass is 434 g/mol. The molecule has 1 aromatic carbocycles. The molecule has 168 valence electrons. The van der Waals surface area contributed by atoms with Gasteiger partial charge in [0, 0.05) is 36.2 Å². The van der Waals surface area contributed by atoms with Gasteiger partial charge in [-0.05, 0) is 63.1 Å². The fourth-order valence-corrected chi connectivity index (χ4v) is 4.05. The van der Waals surface area contributed by atoms with Crippen molar-refractivity contribution in [2.75, 3.05) is 12.4 Å². The van der Waals surface area contributed by atoms with Crippen LogP contribution in [0.3, 0.4) is 0 Å². The molecule has 1 aliphatic rings. The van der Waals surface area contributed by atoms with Crippen molar-refractivity contribution in [3.05, 3.63) is 78.0 Å².